The molecule has 114 valence electrons. The van der Waals surface area contributed by atoms with Gasteiger partial charge in [-0.3, -0.25) is 4.79 Å². The summed E-state index contributed by atoms with van der Waals surface area (Å²) < 4.78 is 4.81. The number of likely N-dealkylation sites (tertiary alicyclic amines) is 1. The van der Waals surface area contributed by atoms with Crippen molar-refractivity contribution in [2.75, 3.05) is 19.4 Å². The molecule has 1 fully saturated rings. The molecule has 1 aromatic rings. The lowest BCUT2D eigenvalue weighted by Gasteiger charge is -2.33. The monoisotopic (exact) mass is 308 g/mol. The molecule has 1 atom stereocenters. The fourth-order valence-corrected chi connectivity index (χ4v) is 3.05. The van der Waals surface area contributed by atoms with Gasteiger partial charge in [-0.1, -0.05) is 6.92 Å². The van der Waals surface area contributed by atoms with Crippen LogP contribution in [0.15, 0.2) is 23.4 Å². The number of methoxy groups -OCH3 is 1. The topological polar surface area (TPSA) is 59.5 Å². The molecular weight excluding hydrogens is 288 g/mol. The van der Waals surface area contributed by atoms with Crippen molar-refractivity contribution in [1.82, 2.24) is 9.88 Å². The van der Waals surface area contributed by atoms with Gasteiger partial charge >= 0.3 is 5.97 Å². The van der Waals surface area contributed by atoms with Crippen LogP contribution in [-0.2, 0) is 9.53 Å². The van der Waals surface area contributed by atoms with Crippen molar-refractivity contribution >= 4 is 23.6 Å². The van der Waals surface area contributed by atoms with E-state index in [2.05, 4.69) is 11.9 Å². The molecule has 6 heteroatoms. The molecule has 0 N–H and O–H groups in total. The second-order valence-corrected chi connectivity index (χ2v) is 6.14. The number of aromatic nitrogens is 1. The maximum Gasteiger partial charge on any atom is 0.328 e. The van der Waals surface area contributed by atoms with E-state index in [1.807, 2.05) is 6.07 Å². The summed E-state index contributed by atoms with van der Waals surface area (Å²) in [6, 6.07) is 3.15. The first-order chi connectivity index (χ1) is 10.2. The number of pyridine rings is 1. The highest BCUT2D eigenvalue weighted by Crippen LogP contribution is 2.21. The van der Waals surface area contributed by atoms with Gasteiger partial charge in [0.2, 0.25) is 0 Å². The van der Waals surface area contributed by atoms with E-state index in [4.69, 9.17) is 4.74 Å². The number of rotatable bonds is 4. The van der Waals surface area contributed by atoms with E-state index in [1.54, 1.807) is 28.9 Å². The second kappa shape index (κ2) is 7.45. The van der Waals surface area contributed by atoms with Gasteiger partial charge < -0.3 is 9.64 Å². The molecule has 21 heavy (non-hydrogen) atoms. The van der Waals surface area contributed by atoms with Crippen LogP contribution in [-0.4, -0.2) is 47.2 Å². The number of piperidine rings is 1. The minimum Gasteiger partial charge on any atom is -0.467 e. The minimum absolute atomic E-state index is 0.148. The molecule has 0 bridgehead atoms. The molecule has 1 aliphatic rings. The van der Waals surface area contributed by atoms with Gasteiger partial charge in [0.25, 0.3) is 5.91 Å². The van der Waals surface area contributed by atoms with Crippen molar-refractivity contribution < 1.29 is 14.3 Å². The first-order valence-electron chi connectivity index (χ1n) is 7.15. The van der Waals surface area contributed by atoms with Gasteiger partial charge in [0.05, 0.1) is 17.7 Å². The average Bonchev–Trinajstić information content (AvgIpc) is 2.54. The highest BCUT2D eigenvalue weighted by molar-refractivity contribution is 7.99. The van der Waals surface area contributed by atoms with Crippen LogP contribution < -0.4 is 0 Å². The van der Waals surface area contributed by atoms with E-state index in [0.29, 0.717) is 18.5 Å². The molecule has 1 aliphatic heterocycles. The van der Waals surface area contributed by atoms with Crippen LogP contribution in [0.25, 0.3) is 0 Å². The van der Waals surface area contributed by atoms with Gasteiger partial charge in [-0.05, 0) is 37.1 Å². The zero-order valence-electron chi connectivity index (χ0n) is 12.4. The molecule has 0 spiro atoms. The van der Waals surface area contributed by atoms with Gasteiger partial charge in [0.15, 0.2) is 0 Å². The van der Waals surface area contributed by atoms with Crippen LogP contribution in [0.3, 0.4) is 0 Å². The molecule has 2 rings (SSSR count). The fraction of sp³-hybridized carbons (Fsp3) is 0.533. The summed E-state index contributed by atoms with van der Waals surface area (Å²) in [7, 11) is 1.36. The Hall–Kier alpha value is -1.56. The minimum atomic E-state index is -0.471. The van der Waals surface area contributed by atoms with Gasteiger partial charge in [-0.15, -0.1) is 11.8 Å². The van der Waals surface area contributed by atoms with E-state index in [9.17, 15) is 9.59 Å². The molecule has 0 radical (unpaired) electrons. The Morgan fingerprint density at radius 2 is 2.24 bits per heavy atom. The number of hydrogen-bond donors (Lipinski definition) is 0. The van der Waals surface area contributed by atoms with Crippen LogP contribution in [0.2, 0.25) is 0 Å². The quantitative estimate of drug-likeness (QED) is 0.631. The van der Waals surface area contributed by atoms with Crippen molar-refractivity contribution in [3.05, 3.63) is 23.9 Å². The lowest BCUT2D eigenvalue weighted by molar-refractivity contribution is -0.147. The van der Waals surface area contributed by atoms with E-state index in [0.717, 1.165) is 23.6 Å². The predicted octanol–water partition coefficient (Wildman–Crippen LogP) is 2.36. The third-order valence-electron chi connectivity index (χ3n) is 3.51. The third-order valence-corrected chi connectivity index (χ3v) is 4.34. The summed E-state index contributed by atoms with van der Waals surface area (Å²) in [5.74, 6) is 0.455. The molecule has 1 aromatic heterocycles. The van der Waals surface area contributed by atoms with Crippen LogP contribution in [0.5, 0.6) is 0 Å². The van der Waals surface area contributed by atoms with Crippen molar-refractivity contribution in [1.29, 1.82) is 0 Å². The molecule has 1 amide bonds. The number of ether oxygens (including phenoxy) is 1. The maximum absolute atomic E-state index is 12.6. The standard InChI is InChI=1S/C15H20N2O3S/c1-3-21-13-8-7-11(10-16-13)14(18)17-9-5-4-6-12(17)15(19)20-2/h7-8,10,12H,3-6,9H2,1-2H3/t12-/m1/s1. The zero-order chi connectivity index (χ0) is 15.2. The van der Waals surface area contributed by atoms with Crippen LogP contribution >= 0.6 is 11.8 Å². The summed E-state index contributed by atoms with van der Waals surface area (Å²) in [5, 5.41) is 0.900. The molecule has 0 saturated carbocycles. The highest BCUT2D eigenvalue weighted by Gasteiger charge is 2.33. The van der Waals surface area contributed by atoms with E-state index in [1.165, 1.54) is 7.11 Å². The molecule has 0 unspecified atom stereocenters. The lowest BCUT2D eigenvalue weighted by Crippen LogP contribution is -2.48. The number of thioether (sulfide) groups is 1. The van der Waals surface area contributed by atoms with Crippen molar-refractivity contribution in [2.45, 2.75) is 37.3 Å². The number of esters is 1. The molecule has 0 aromatic carbocycles. The Kier molecular flexibility index (Phi) is 5.61. The Balaban J connectivity index is 2.14. The Morgan fingerprint density at radius 3 is 2.86 bits per heavy atom. The summed E-state index contributed by atoms with van der Waals surface area (Å²) in [6.07, 6.45) is 4.10. The zero-order valence-corrected chi connectivity index (χ0v) is 13.2. The molecule has 1 saturated heterocycles. The fourth-order valence-electron chi connectivity index (χ4n) is 2.46. The smallest absolute Gasteiger partial charge is 0.328 e. The maximum atomic E-state index is 12.6. The number of nitrogens with zero attached hydrogens (tertiary/aromatic N) is 2. The second-order valence-electron chi connectivity index (χ2n) is 4.85. The summed E-state index contributed by atoms with van der Waals surface area (Å²) in [5.41, 5.74) is 0.520. The average molecular weight is 308 g/mol. The van der Waals surface area contributed by atoms with Gasteiger partial charge in [-0.2, -0.15) is 0 Å². The third kappa shape index (κ3) is 3.75. The van der Waals surface area contributed by atoms with E-state index < -0.39 is 6.04 Å². The largest absolute Gasteiger partial charge is 0.467 e. The first-order valence-corrected chi connectivity index (χ1v) is 8.13. The SMILES string of the molecule is CCSc1ccc(C(=O)N2CCCC[C@@H]2C(=O)OC)cn1. The van der Waals surface area contributed by atoms with Crippen LogP contribution in [0, 0.1) is 0 Å². The molecule has 5 nitrogen and oxygen atoms in total. The van der Waals surface area contributed by atoms with E-state index >= 15 is 0 Å². The summed E-state index contributed by atoms with van der Waals surface area (Å²) in [4.78, 5) is 30.3. The Morgan fingerprint density at radius 1 is 1.43 bits per heavy atom. The van der Waals surface area contributed by atoms with Crippen molar-refractivity contribution in [3.63, 3.8) is 0 Å². The van der Waals surface area contributed by atoms with E-state index in [-0.39, 0.29) is 11.9 Å². The highest BCUT2D eigenvalue weighted by atomic mass is 32.2. The van der Waals surface area contributed by atoms with Crippen LogP contribution in [0.1, 0.15) is 36.5 Å². The molecule has 0 aliphatic carbocycles. The lowest BCUT2D eigenvalue weighted by atomic mass is 10.0. The van der Waals surface area contributed by atoms with Gasteiger partial charge in [-0.25, -0.2) is 9.78 Å². The van der Waals surface area contributed by atoms with Gasteiger partial charge in [0, 0.05) is 12.7 Å². The molecular formula is C15H20N2O3S. The Labute approximate surface area is 129 Å². The molecule has 2 heterocycles. The number of carbonyl (C=O) groups excluding carboxylic acids is 2. The van der Waals surface area contributed by atoms with Crippen molar-refractivity contribution in [2.24, 2.45) is 0 Å². The number of amides is 1. The predicted molar refractivity (Wildman–Crippen MR) is 81.3 cm³/mol. The summed E-state index contributed by atoms with van der Waals surface area (Å²) in [6.45, 7) is 2.64. The number of hydrogen-bond acceptors (Lipinski definition) is 5. The first kappa shape index (κ1) is 15.8. The van der Waals surface area contributed by atoms with Crippen molar-refractivity contribution in [3.8, 4) is 0 Å². The van der Waals surface area contributed by atoms with Gasteiger partial charge in [0.1, 0.15) is 6.04 Å². The summed E-state index contributed by atoms with van der Waals surface area (Å²) >= 11 is 1.63. The number of carbonyl (C=O) groups is 2. The normalized spacial score (nSPS) is 18.4. The Bertz CT molecular complexity index is 504. The van der Waals surface area contributed by atoms with Crippen LogP contribution in [0.4, 0.5) is 0 Å².